The minimum absolute atomic E-state index is 0.0220. The standard InChI is InChI=1S/C45H53N3O4SSi/c1-45(2,3)54(42-15-9-5-10-16-42,43-17-11-6-12-18-43)52-39-23-21-38(22-24-39)51-34-37(49)33-46-30-27-35-19-25-40(26-20-35)53-41-28-31-48(32-29-41)44(50)47-36-13-7-4-8-14-36/h4-26,37,41,46,49H,27-34H2,1-3H3,(H,47,50)/t37-/m0/s1. The minimum Gasteiger partial charge on any atom is -0.534 e. The Morgan fingerprint density at radius 1 is 0.796 bits per heavy atom. The number of rotatable bonds is 15. The molecule has 6 rings (SSSR count). The van der Waals surface area contributed by atoms with Gasteiger partial charge in [-0.05, 0) is 95.3 Å². The molecule has 0 unspecified atom stereocenters. The van der Waals surface area contributed by atoms with Gasteiger partial charge in [-0.15, -0.1) is 11.8 Å². The smallest absolute Gasteiger partial charge is 0.321 e. The molecule has 7 nitrogen and oxygen atoms in total. The average Bonchev–Trinajstić information content (AvgIpc) is 3.19. The number of nitrogens with one attached hydrogen (secondary N) is 2. The van der Waals surface area contributed by atoms with Crippen LogP contribution >= 0.6 is 11.8 Å². The van der Waals surface area contributed by atoms with Crippen LogP contribution in [0.15, 0.2) is 144 Å². The Hall–Kier alpha value is -4.54. The molecule has 0 radical (unpaired) electrons. The summed E-state index contributed by atoms with van der Waals surface area (Å²) in [5, 5.41) is 19.8. The van der Waals surface area contributed by atoms with Gasteiger partial charge in [0.25, 0.3) is 0 Å². The predicted octanol–water partition coefficient (Wildman–Crippen LogP) is 7.99. The van der Waals surface area contributed by atoms with Crippen molar-refractivity contribution in [3.8, 4) is 11.5 Å². The van der Waals surface area contributed by atoms with Gasteiger partial charge in [-0.25, -0.2) is 4.79 Å². The van der Waals surface area contributed by atoms with Crippen LogP contribution in [0.5, 0.6) is 11.5 Å². The maximum atomic E-state index is 12.6. The van der Waals surface area contributed by atoms with E-state index in [2.05, 4.69) is 116 Å². The number of piperidine rings is 1. The first kappa shape index (κ1) is 39.2. The second kappa shape index (κ2) is 18.7. The van der Waals surface area contributed by atoms with Gasteiger partial charge in [0.1, 0.15) is 24.2 Å². The molecule has 54 heavy (non-hydrogen) atoms. The summed E-state index contributed by atoms with van der Waals surface area (Å²) in [7, 11) is -2.72. The summed E-state index contributed by atoms with van der Waals surface area (Å²) < 4.78 is 13.1. The summed E-state index contributed by atoms with van der Waals surface area (Å²) in [6.45, 7) is 9.75. The van der Waals surface area contributed by atoms with Crippen molar-refractivity contribution in [1.82, 2.24) is 10.2 Å². The minimum atomic E-state index is -2.72. The van der Waals surface area contributed by atoms with E-state index in [0.29, 0.717) is 17.5 Å². The highest BCUT2D eigenvalue weighted by Crippen LogP contribution is 2.38. The summed E-state index contributed by atoms with van der Waals surface area (Å²) in [4.78, 5) is 15.8. The van der Waals surface area contributed by atoms with E-state index in [0.717, 1.165) is 50.3 Å². The first-order valence-corrected chi connectivity index (χ1v) is 21.8. The van der Waals surface area contributed by atoms with Crippen LogP contribution in [-0.2, 0) is 6.42 Å². The largest absolute Gasteiger partial charge is 0.534 e. The fourth-order valence-electron chi connectivity index (χ4n) is 7.01. The van der Waals surface area contributed by atoms with Crippen molar-refractivity contribution in [1.29, 1.82) is 0 Å². The third-order valence-corrected chi connectivity index (χ3v) is 16.2. The molecule has 282 valence electrons. The van der Waals surface area contributed by atoms with E-state index in [4.69, 9.17) is 9.16 Å². The lowest BCUT2D eigenvalue weighted by molar-refractivity contribution is 0.106. The molecule has 1 aliphatic heterocycles. The van der Waals surface area contributed by atoms with Gasteiger partial charge >= 0.3 is 14.3 Å². The maximum absolute atomic E-state index is 12.6. The van der Waals surface area contributed by atoms with Gasteiger partial charge < -0.3 is 29.8 Å². The van der Waals surface area contributed by atoms with Gasteiger partial charge in [0, 0.05) is 35.5 Å². The van der Waals surface area contributed by atoms with Crippen LogP contribution in [0.1, 0.15) is 39.2 Å². The number of thioether (sulfide) groups is 1. The predicted molar refractivity (Wildman–Crippen MR) is 225 cm³/mol. The summed E-state index contributed by atoms with van der Waals surface area (Å²) >= 11 is 1.90. The van der Waals surface area contributed by atoms with Crippen molar-refractivity contribution in [2.24, 2.45) is 0 Å². The molecule has 0 aromatic heterocycles. The Balaban J connectivity index is 0.908. The van der Waals surface area contributed by atoms with Crippen molar-refractivity contribution < 1.29 is 19.1 Å². The van der Waals surface area contributed by atoms with Crippen LogP contribution < -0.4 is 30.2 Å². The third-order valence-electron chi connectivity index (χ3n) is 9.90. The van der Waals surface area contributed by atoms with Crippen molar-refractivity contribution >= 4 is 42.2 Å². The molecule has 5 aromatic carbocycles. The van der Waals surface area contributed by atoms with E-state index in [1.54, 1.807) is 0 Å². The Morgan fingerprint density at radius 3 is 1.93 bits per heavy atom. The number of ether oxygens (including phenoxy) is 1. The Kier molecular flexibility index (Phi) is 13.5. The van der Waals surface area contributed by atoms with Crippen LogP contribution in [0.2, 0.25) is 5.04 Å². The molecule has 1 saturated heterocycles. The summed E-state index contributed by atoms with van der Waals surface area (Å²) in [6, 6.07) is 47.4. The Morgan fingerprint density at radius 2 is 1.35 bits per heavy atom. The zero-order chi connectivity index (χ0) is 37.8. The number of likely N-dealkylation sites (tertiary alicyclic amines) is 1. The van der Waals surface area contributed by atoms with E-state index in [9.17, 15) is 9.90 Å². The molecule has 3 N–H and O–H groups in total. The van der Waals surface area contributed by atoms with E-state index >= 15 is 0 Å². The van der Waals surface area contributed by atoms with Crippen LogP contribution in [0.25, 0.3) is 0 Å². The number of nitrogens with zero attached hydrogens (tertiary/aromatic N) is 1. The molecule has 1 aliphatic rings. The monoisotopic (exact) mass is 759 g/mol. The lowest BCUT2D eigenvalue weighted by Gasteiger charge is -2.43. The average molecular weight is 760 g/mol. The second-order valence-electron chi connectivity index (χ2n) is 14.9. The van der Waals surface area contributed by atoms with E-state index in [1.807, 2.05) is 71.3 Å². The van der Waals surface area contributed by atoms with Crippen LogP contribution in [-0.4, -0.2) is 68.5 Å². The molecule has 2 amide bonds. The third kappa shape index (κ3) is 10.4. The molecular formula is C45H53N3O4SSi. The molecule has 1 atom stereocenters. The fourth-order valence-corrected chi connectivity index (χ4v) is 12.6. The Labute approximate surface area is 326 Å². The SMILES string of the molecule is CC(C)(C)[Si](Oc1ccc(OC[C@@H](O)CNCCc2ccc(SC3CCN(C(=O)Nc4ccccc4)CC3)cc2)cc1)(c1ccccc1)c1ccccc1. The van der Waals surface area contributed by atoms with Gasteiger partial charge in [0.15, 0.2) is 0 Å². The number of aliphatic hydroxyl groups excluding tert-OH is 1. The zero-order valence-electron chi connectivity index (χ0n) is 31.6. The van der Waals surface area contributed by atoms with Gasteiger partial charge in [0.2, 0.25) is 0 Å². The zero-order valence-corrected chi connectivity index (χ0v) is 33.4. The molecule has 0 aliphatic carbocycles. The molecule has 0 bridgehead atoms. The van der Waals surface area contributed by atoms with Crippen molar-refractivity contribution in [3.63, 3.8) is 0 Å². The molecule has 1 fully saturated rings. The molecule has 0 spiro atoms. The number of para-hydroxylation sites is 1. The van der Waals surface area contributed by atoms with Gasteiger partial charge in [-0.1, -0.05) is 112 Å². The highest BCUT2D eigenvalue weighted by molar-refractivity contribution is 8.00. The number of urea groups is 1. The summed E-state index contributed by atoms with van der Waals surface area (Å²) in [5.41, 5.74) is 2.08. The lowest BCUT2D eigenvalue weighted by atomic mass is 10.1. The second-order valence-corrected chi connectivity index (χ2v) is 20.5. The molecule has 0 saturated carbocycles. The number of carbonyl (C=O) groups is 1. The first-order valence-electron chi connectivity index (χ1n) is 19.0. The van der Waals surface area contributed by atoms with E-state index < -0.39 is 14.4 Å². The highest BCUT2D eigenvalue weighted by atomic mass is 32.2. The van der Waals surface area contributed by atoms with Crippen LogP contribution in [0.3, 0.4) is 0 Å². The quantitative estimate of drug-likeness (QED) is 0.0742. The summed E-state index contributed by atoms with van der Waals surface area (Å²) in [5.74, 6) is 1.50. The molecule has 5 aromatic rings. The molecule has 9 heteroatoms. The topological polar surface area (TPSA) is 83.1 Å². The highest BCUT2D eigenvalue weighted by Gasteiger charge is 2.52. The number of hydrogen-bond donors (Lipinski definition) is 3. The first-order chi connectivity index (χ1) is 26.2. The van der Waals surface area contributed by atoms with Crippen molar-refractivity contribution in [2.45, 2.75) is 61.3 Å². The molecule has 1 heterocycles. The van der Waals surface area contributed by atoms with Gasteiger partial charge in [0.05, 0.1) is 0 Å². The van der Waals surface area contributed by atoms with Crippen molar-refractivity contribution in [2.75, 3.05) is 38.1 Å². The van der Waals surface area contributed by atoms with Gasteiger partial charge in [-0.3, -0.25) is 0 Å². The number of aliphatic hydroxyl groups is 1. The van der Waals surface area contributed by atoms with Crippen molar-refractivity contribution in [3.05, 3.63) is 145 Å². The number of hydrogen-bond acceptors (Lipinski definition) is 6. The number of amides is 2. The lowest BCUT2D eigenvalue weighted by Crippen LogP contribution is -2.68. The number of carbonyl (C=O) groups excluding carboxylic acids is 1. The maximum Gasteiger partial charge on any atom is 0.321 e. The van der Waals surface area contributed by atoms with Gasteiger partial charge in [-0.2, -0.15) is 0 Å². The normalized spacial score (nSPS) is 14.3. The van der Waals surface area contributed by atoms with E-state index in [1.165, 1.54) is 20.8 Å². The summed E-state index contributed by atoms with van der Waals surface area (Å²) in [6.07, 6.45) is 2.20. The fraction of sp³-hybridized carbons (Fsp3) is 0.311. The number of anilines is 1. The molecular weight excluding hydrogens is 707 g/mol. The number of benzene rings is 5. The van der Waals surface area contributed by atoms with E-state index in [-0.39, 0.29) is 17.7 Å². The van der Waals surface area contributed by atoms with Crippen LogP contribution in [0, 0.1) is 0 Å². The Bertz CT molecular complexity index is 1830. The van der Waals surface area contributed by atoms with Crippen LogP contribution in [0.4, 0.5) is 10.5 Å².